The molecule has 0 saturated carbocycles. The minimum absolute atomic E-state index is 0.141. The van der Waals surface area contributed by atoms with Crippen molar-refractivity contribution >= 4 is 5.78 Å². The molecule has 1 rings (SSSR count). The molecule has 5 heteroatoms. The van der Waals surface area contributed by atoms with E-state index in [1.807, 2.05) is 0 Å². The quantitative estimate of drug-likeness (QED) is 0.574. The van der Waals surface area contributed by atoms with Crippen LogP contribution in [0.15, 0.2) is 6.20 Å². The Kier molecular flexibility index (Phi) is 2.00. The van der Waals surface area contributed by atoms with Crippen molar-refractivity contribution in [3.63, 3.8) is 0 Å². The number of rotatable bonds is 2. The SMILES string of the molecule is C[C@H](N)C(=O)c1cnnn1C. The molecule has 0 aliphatic rings. The number of nitrogens with zero attached hydrogens (tertiary/aromatic N) is 3. The van der Waals surface area contributed by atoms with E-state index >= 15 is 0 Å². The first-order valence-electron chi connectivity index (χ1n) is 3.27. The Hall–Kier alpha value is -1.23. The number of ketones is 1. The van der Waals surface area contributed by atoms with Crippen LogP contribution in [-0.4, -0.2) is 26.8 Å². The molecule has 0 aliphatic heterocycles. The topological polar surface area (TPSA) is 73.8 Å². The summed E-state index contributed by atoms with van der Waals surface area (Å²) in [4.78, 5) is 11.2. The number of aromatic nitrogens is 3. The first kappa shape index (κ1) is 7.87. The second kappa shape index (κ2) is 2.79. The second-order valence-electron chi connectivity index (χ2n) is 2.40. The van der Waals surface area contributed by atoms with Crippen LogP contribution in [0, 0.1) is 0 Å². The molecule has 0 amide bonds. The van der Waals surface area contributed by atoms with Gasteiger partial charge in [0, 0.05) is 7.05 Å². The average molecular weight is 154 g/mol. The lowest BCUT2D eigenvalue weighted by atomic mass is 10.2. The third kappa shape index (κ3) is 1.43. The van der Waals surface area contributed by atoms with Crippen LogP contribution >= 0.6 is 0 Å². The summed E-state index contributed by atoms with van der Waals surface area (Å²) in [7, 11) is 1.66. The predicted octanol–water partition coefficient (Wildman–Crippen LogP) is -0.655. The van der Waals surface area contributed by atoms with Crippen LogP contribution in [0.1, 0.15) is 17.4 Å². The van der Waals surface area contributed by atoms with E-state index in [9.17, 15) is 4.79 Å². The maximum absolute atomic E-state index is 11.2. The number of aryl methyl sites for hydroxylation is 1. The van der Waals surface area contributed by atoms with Crippen molar-refractivity contribution in [3.8, 4) is 0 Å². The van der Waals surface area contributed by atoms with E-state index in [1.165, 1.54) is 10.9 Å². The van der Waals surface area contributed by atoms with E-state index in [-0.39, 0.29) is 5.78 Å². The number of hydrogen-bond donors (Lipinski definition) is 1. The zero-order chi connectivity index (χ0) is 8.43. The van der Waals surface area contributed by atoms with Crippen LogP contribution in [-0.2, 0) is 7.05 Å². The molecule has 0 aliphatic carbocycles. The Morgan fingerprint density at radius 2 is 2.45 bits per heavy atom. The predicted molar refractivity (Wildman–Crippen MR) is 39.0 cm³/mol. The molecule has 0 saturated heterocycles. The van der Waals surface area contributed by atoms with Crippen LogP contribution < -0.4 is 5.73 Å². The number of Topliss-reactive ketones (excluding diaryl/α,β-unsaturated/α-hetero) is 1. The third-order valence-corrected chi connectivity index (χ3v) is 1.38. The molecule has 1 heterocycles. The van der Waals surface area contributed by atoms with Crippen molar-refractivity contribution < 1.29 is 4.79 Å². The van der Waals surface area contributed by atoms with Crippen LogP contribution in [0.25, 0.3) is 0 Å². The van der Waals surface area contributed by atoms with Crippen molar-refractivity contribution in [2.45, 2.75) is 13.0 Å². The Morgan fingerprint density at radius 3 is 2.82 bits per heavy atom. The molecule has 0 aromatic carbocycles. The van der Waals surface area contributed by atoms with Gasteiger partial charge in [-0.05, 0) is 6.92 Å². The summed E-state index contributed by atoms with van der Waals surface area (Å²) in [6.45, 7) is 1.63. The third-order valence-electron chi connectivity index (χ3n) is 1.38. The summed E-state index contributed by atoms with van der Waals surface area (Å²) in [6, 6.07) is -0.493. The monoisotopic (exact) mass is 154 g/mol. The minimum atomic E-state index is -0.493. The van der Waals surface area contributed by atoms with Gasteiger partial charge in [0.15, 0.2) is 5.78 Å². The lowest BCUT2D eigenvalue weighted by Crippen LogP contribution is -2.28. The van der Waals surface area contributed by atoms with Gasteiger partial charge < -0.3 is 5.73 Å². The number of carbonyl (C=O) groups is 1. The van der Waals surface area contributed by atoms with E-state index < -0.39 is 6.04 Å². The van der Waals surface area contributed by atoms with Gasteiger partial charge in [-0.25, -0.2) is 4.68 Å². The highest BCUT2D eigenvalue weighted by molar-refractivity contribution is 5.97. The highest BCUT2D eigenvalue weighted by Gasteiger charge is 2.14. The van der Waals surface area contributed by atoms with Gasteiger partial charge in [-0.15, -0.1) is 5.10 Å². The lowest BCUT2D eigenvalue weighted by Gasteiger charge is -2.01. The molecule has 5 nitrogen and oxygen atoms in total. The van der Waals surface area contributed by atoms with Crippen LogP contribution in [0.3, 0.4) is 0 Å². The first-order chi connectivity index (χ1) is 5.13. The largest absolute Gasteiger partial charge is 0.321 e. The number of hydrogen-bond acceptors (Lipinski definition) is 4. The van der Waals surface area contributed by atoms with E-state index in [0.717, 1.165) is 0 Å². The van der Waals surface area contributed by atoms with Crippen LogP contribution in [0.4, 0.5) is 0 Å². The van der Waals surface area contributed by atoms with Gasteiger partial charge in [0.25, 0.3) is 0 Å². The van der Waals surface area contributed by atoms with Crippen LogP contribution in [0.5, 0.6) is 0 Å². The molecule has 1 atom stereocenters. The van der Waals surface area contributed by atoms with Crippen molar-refractivity contribution in [1.82, 2.24) is 15.0 Å². The van der Waals surface area contributed by atoms with Crippen LogP contribution in [0.2, 0.25) is 0 Å². The number of nitrogens with two attached hydrogens (primary N) is 1. The molecule has 11 heavy (non-hydrogen) atoms. The van der Waals surface area contributed by atoms with Crippen molar-refractivity contribution in [2.75, 3.05) is 0 Å². The van der Waals surface area contributed by atoms with Gasteiger partial charge in [0.1, 0.15) is 5.69 Å². The van der Waals surface area contributed by atoms with Gasteiger partial charge in [0.05, 0.1) is 12.2 Å². The first-order valence-corrected chi connectivity index (χ1v) is 3.27. The Balaban J connectivity index is 2.93. The molecular weight excluding hydrogens is 144 g/mol. The van der Waals surface area contributed by atoms with Gasteiger partial charge in [-0.1, -0.05) is 5.21 Å². The standard InChI is InChI=1S/C6H10N4O/c1-4(7)6(11)5-3-8-9-10(5)2/h3-4H,7H2,1-2H3/t4-/m0/s1. The summed E-state index contributed by atoms with van der Waals surface area (Å²) in [6.07, 6.45) is 1.41. The summed E-state index contributed by atoms with van der Waals surface area (Å²) >= 11 is 0. The molecule has 2 N–H and O–H groups in total. The molecule has 0 bridgehead atoms. The average Bonchev–Trinajstić information content (AvgIpc) is 2.33. The smallest absolute Gasteiger partial charge is 0.198 e. The fourth-order valence-corrected chi connectivity index (χ4v) is 0.746. The Morgan fingerprint density at radius 1 is 1.82 bits per heavy atom. The summed E-state index contributed by atoms with van der Waals surface area (Å²) in [5, 5.41) is 7.17. The van der Waals surface area contributed by atoms with E-state index in [4.69, 9.17) is 5.73 Å². The van der Waals surface area contributed by atoms with Gasteiger partial charge in [-0.3, -0.25) is 4.79 Å². The van der Waals surface area contributed by atoms with Crippen molar-refractivity contribution in [1.29, 1.82) is 0 Å². The molecule has 1 aromatic heterocycles. The highest BCUT2D eigenvalue weighted by atomic mass is 16.1. The molecular formula is C6H10N4O. The van der Waals surface area contributed by atoms with Crippen molar-refractivity contribution in [2.24, 2.45) is 12.8 Å². The number of carbonyl (C=O) groups excluding carboxylic acids is 1. The van der Waals surface area contributed by atoms with E-state index in [2.05, 4.69) is 10.3 Å². The summed E-state index contributed by atoms with van der Waals surface area (Å²) < 4.78 is 1.41. The Labute approximate surface area is 64.2 Å². The summed E-state index contributed by atoms with van der Waals surface area (Å²) in [5.41, 5.74) is 5.82. The summed E-state index contributed by atoms with van der Waals surface area (Å²) in [5.74, 6) is -0.141. The second-order valence-corrected chi connectivity index (χ2v) is 2.40. The van der Waals surface area contributed by atoms with E-state index in [0.29, 0.717) is 5.69 Å². The zero-order valence-electron chi connectivity index (χ0n) is 6.48. The normalized spacial score (nSPS) is 13.0. The van der Waals surface area contributed by atoms with Gasteiger partial charge in [0.2, 0.25) is 0 Å². The minimum Gasteiger partial charge on any atom is -0.321 e. The molecule has 60 valence electrons. The fraction of sp³-hybridized carbons (Fsp3) is 0.500. The maximum atomic E-state index is 11.2. The molecule has 0 radical (unpaired) electrons. The molecule has 0 spiro atoms. The molecule has 1 aromatic rings. The fourth-order valence-electron chi connectivity index (χ4n) is 0.746. The molecule has 0 unspecified atom stereocenters. The van der Waals surface area contributed by atoms with Gasteiger partial charge >= 0.3 is 0 Å². The zero-order valence-corrected chi connectivity index (χ0v) is 6.48. The van der Waals surface area contributed by atoms with Gasteiger partial charge in [-0.2, -0.15) is 0 Å². The van der Waals surface area contributed by atoms with Crippen molar-refractivity contribution in [3.05, 3.63) is 11.9 Å². The van der Waals surface area contributed by atoms with E-state index in [1.54, 1.807) is 14.0 Å². The Bertz CT molecular complexity index is 265. The molecule has 0 fully saturated rings. The lowest BCUT2D eigenvalue weighted by molar-refractivity contribution is 0.0958. The maximum Gasteiger partial charge on any atom is 0.198 e. The highest BCUT2D eigenvalue weighted by Crippen LogP contribution is 1.97.